The van der Waals surface area contributed by atoms with Crippen LogP contribution in [0.4, 0.5) is 0 Å². The van der Waals surface area contributed by atoms with Gasteiger partial charge in [0.05, 0.1) is 0 Å². The van der Waals surface area contributed by atoms with Crippen molar-refractivity contribution in [2.75, 3.05) is 0 Å². The minimum Gasteiger partial charge on any atom is -0.119 e. The first-order chi connectivity index (χ1) is 4.27. The average Bonchev–Trinajstić information content (AvgIpc) is 1.79. The van der Waals surface area contributed by atoms with E-state index in [0.29, 0.717) is 0 Å². The molecule has 0 N–H and O–H groups in total. The Balaban J connectivity index is 2.09. The van der Waals surface area contributed by atoms with Crippen molar-refractivity contribution in [3.05, 3.63) is 6.42 Å². The molecule has 0 aromatic heterocycles. The largest absolute Gasteiger partial charge is 0.119 e. The summed E-state index contributed by atoms with van der Waals surface area (Å²) in [6.45, 7) is 2.21. The van der Waals surface area contributed by atoms with Gasteiger partial charge in [0.2, 0.25) is 0 Å². The van der Waals surface area contributed by atoms with Gasteiger partial charge in [-0.1, -0.05) is 19.8 Å². The van der Waals surface area contributed by atoms with Gasteiger partial charge < -0.3 is 0 Å². The summed E-state index contributed by atoms with van der Waals surface area (Å²) in [5.74, 6) is 0. The van der Waals surface area contributed by atoms with Gasteiger partial charge in [-0.25, -0.2) is 0 Å². The van der Waals surface area contributed by atoms with Crippen LogP contribution in [0.25, 0.3) is 0 Å². The van der Waals surface area contributed by atoms with E-state index in [2.05, 4.69) is 13.3 Å². The van der Waals surface area contributed by atoms with Gasteiger partial charge in [0.1, 0.15) is 0 Å². The van der Waals surface area contributed by atoms with Gasteiger partial charge in [-0.15, -0.1) is 11.6 Å². The zero-order valence-corrected chi connectivity index (χ0v) is 6.75. The Hall–Kier alpha value is 0.290. The molecule has 1 aliphatic carbocycles. The van der Waals surface area contributed by atoms with Crippen molar-refractivity contribution in [1.82, 2.24) is 0 Å². The summed E-state index contributed by atoms with van der Waals surface area (Å²) >= 11 is 6.13. The third-order valence-electron chi connectivity index (χ3n) is 2.02. The summed E-state index contributed by atoms with van der Waals surface area (Å²) in [4.78, 5) is 0.121. The molecule has 1 fully saturated rings. The lowest BCUT2D eigenvalue weighted by molar-refractivity contribution is 0.427. The summed E-state index contributed by atoms with van der Waals surface area (Å²) in [5, 5.41) is 0. The monoisotopic (exact) mass is 145 g/mol. The fourth-order valence-corrected chi connectivity index (χ4v) is 1.51. The van der Waals surface area contributed by atoms with E-state index in [1.165, 1.54) is 32.1 Å². The van der Waals surface area contributed by atoms with E-state index in [1.807, 2.05) is 0 Å². The van der Waals surface area contributed by atoms with Crippen molar-refractivity contribution < 1.29 is 0 Å². The maximum atomic E-state index is 6.13. The van der Waals surface area contributed by atoms with Gasteiger partial charge in [-0.05, 0) is 25.7 Å². The van der Waals surface area contributed by atoms with E-state index < -0.39 is 0 Å². The molecule has 0 saturated heterocycles. The number of hydrogen-bond acceptors (Lipinski definition) is 0. The van der Waals surface area contributed by atoms with Crippen LogP contribution in [0, 0.1) is 6.42 Å². The zero-order valence-electron chi connectivity index (χ0n) is 5.99. The molecule has 1 atom stereocenters. The molecule has 1 heteroatoms. The molecule has 0 amide bonds. The summed E-state index contributed by atoms with van der Waals surface area (Å²) in [5.41, 5.74) is 0. The zero-order chi connectivity index (χ0) is 6.74. The van der Waals surface area contributed by atoms with Crippen LogP contribution in [-0.4, -0.2) is 4.87 Å². The SMILES string of the molecule is CCCCC1(Cl)[CH]CC1. The van der Waals surface area contributed by atoms with Crippen molar-refractivity contribution in [3.63, 3.8) is 0 Å². The molecule has 0 nitrogen and oxygen atoms in total. The van der Waals surface area contributed by atoms with Crippen LogP contribution in [0.5, 0.6) is 0 Å². The minimum atomic E-state index is 0.121. The third-order valence-corrected chi connectivity index (χ3v) is 2.55. The first-order valence-corrected chi connectivity index (χ1v) is 4.18. The van der Waals surface area contributed by atoms with Gasteiger partial charge >= 0.3 is 0 Å². The lowest BCUT2D eigenvalue weighted by Crippen LogP contribution is -2.30. The van der Waals surface area contributed by atoms with Crippen LogP contribution in [0.3, 0.4) is 0 Å². The maximum absolute atomic E-state index is 6.13. The quantitative estimate of drug-likeness (QED) is 0.536. The predicted molar refractivity (Wildman–Crippen MR) is 41.6 cm³/mol. The minimum absolute atomic E-state index is 0.121. The molecule has 1 rings (SSSR count). The molecule has 1 aliphatic rings. The van der Waals surface area contributed by atoms with Gasteiger partial charge in [0, 0.05) is 4.87 Å². The normalized spacial score (nSPS) is 23.3. The molecular formula is C8H14Cl. The standard InChI is InChI=1S/C8H14Cl/c1-2-3-5-8(9)6-4-7-8/h6H,2-5,7H2,1H3. The molecular weight excluding hydrogens is 132 g/mol. The molecule has 53 valence electrons. The van der Waals surface area contributed by atoms with E-state index in [-0.39, 0.29) is 4.87 Å². The summed E-state index contributed by atoms with van der Waals surface area (Å²) in [6, 6.07) is 0. The fourth-order valence-electron chi connectivity index (χ4n) is 1.16. The highest BCUT2D eigenvalue weighted by Crippen LogP contribution is 2.41. The Morgan fingerprint density at radius 2 is 2.33 bits per heavy atom. The summed E-state index contributed by atoms with van der Waals surface area (Å²) in [6.07, 6.45) is 8.40. The number of hydrogen-bond donors (Lipinski definition) is 0. The van der Waals surface area contributed by atoms with Crippen LogP contribution in [0.1, 0.15) is 39.0 Å². The number of halogens is 1. The highest BCUT2D eigenvalue weighted by atomic mass is 35.5. The molecule has 0 bridgehead atoms. The fraction of sp³-hybridized carbons (Fsp3) is 0.875. The van der Waals surface area contributed by atoms with Crippen molar-refractivity contribution in [2.24, 2.45) is 0 Å². The lowest BCUT2D eigenvalue weighted by Gasteiger charge is -2.35. The molecule has 1 saturated carbocycles. The van der Waals surface area contributed by atoms with Gasteiger partial charge in [-0.2, -0.15) is 0 Å². The van der Waals surface area contributed by atoms with Crippen LogP contribution in [-0.2, 0) is 0 Å². The highest BCUT2D eigenvalue weighted by Gasteiger charge is 2.33. The Bertz CT molecular complexity index is 84.6. The second-order valence-corrected chi connectivity index (χ2v) is 3.63. The maximum Gasteiger partial charge on any atom is 0.0478 e. The Morgan fingerprint density at radius 1 is 1.67 bits per heavy atom. The smallest absolute Gasteiger partial charge is 0.0478 e. The first kappa shape index (κ1) is 7.40. The molecule has 0 aromatic carbocycles. The van der Waals surface area contributed by atoms with E-state index in [0.717, 1.165) is 0 Å². The van der Waals surface area contributed by atoms with Crippen molar-refractivity contribution in [3.8, 4) is 0 Å². The van der Waals surface area contributed by atoms with Crippen molar-refractivity contribution in [1.29, 1.82) is 0 Å². The van der Waals surface area contributed by atoms with Gasteiger partial charge in [0.25, 0.3) is 0 Å². The van der Waals surface area contributed by atoms with E-state index >= 15 is 0 Å². The molecule has 9 heavy (non-hydrogen) atoms. The van der Waals surface area contributed by atoms with Gasteiger partial charge in [0.15, 0.2) is 0 Å². The highest BCUT2D eigenvalue weighted by molar-refractivity contribution is 6.25. The number of alkyl halides is 1. The number of rotatable bonds is 3. The van der Waals surface area contributed by atoms with Crippen molar-refractivity contribution >= 4 is 11.6 Å². The van der Waals surface area contributed by atoms with Crippen LogP contribution >= 0.6 is 11.6 Å². The van der Waals surface area contributed by atoms with E-state index in [4.69, 9.17) is 11.6 Å². The molecule has 0 spiro atoms. The first-order valence-electron chi connectivity index (χ1n) is 3.80. The Kier molecular flexibility index (Phi) is 2.40. The topological polar surface area (TPSA) is 0 Å². The lowest BCUT2D eigenvalue weighted by atomic mass is 9.81. The van der Waals surface area contributed by atoms with Crippen LogP contribution in [0.15, 0.2) is 0 Å². The van der Waals surface area contributed by atoms with Crippen molar-refractivity contribution in [2.45, 2.75) is 43.9 Å². The Morgan fingerprint density at radius 3 is 2.67 bits per heavy atom. The second kappa shape index (κ2) is 2.92. The molecule has 0 heterocycles. The third kappa shape index (κ3) is 1.86. The average molecular weight is 146 g/mol. The molecule has 0 aromatic rings. The van der Waals surface area contributed by atoms with Gasteiger partial charge in [-0.3, -0.25) is 0 Å². The van der Waals surface area contributed by atoms with E-state index in [9.17, 15) is 0 Å². The van der Waals surface area contributed by atoms with Crippen LogP contribution in [0.2, 0.25) is 0 Å². The number of unbranched alkanes of at least 4 members (excludes halogenated alkanes) is 1. The second-order valence-electron chi connectivity index (χ2n) is 2.88. The summed E-state index contributed by atoms with van der Waals surface area (Å²) < 4.78 is 0. The molecule has 1 radical (unpaired) electrons. The molecule has 0 aliphatic heterocycles. The Labute approximate surface area is 62.6 Å². The predicted octanol–water partition coefficient (Wildman–Crippen LogP) is 3.15. The van der Waals surface area contributed by atoms with Crippen LogP contribution < -0.4 is 0 Å². The van der Waals surface area contributed by atoms with E-state index in [1.54, 1.807) is 0 Å². The molecule has 1 unspecified atom stereocenters. The summed E-state index contributed by atoms with van der Waals surface area (Å²) in [7, 11) is 0.